The van der Waals surface area contributed by atoms with Crippen molar-refractivity contribution in [2.75, 3.05) is 0 Å². The molecule has 0 bridgehead atoms. The third-order valence-electron chi connectivity index (χ3n) is 2.82. The fourth-order valence-corrected chi connectivity index (χ4v) is 2.05. The molecule has 84 valence electrons. The summed E-state index contributed by atoms with van der Waals surface area (Å²) in [5, 5.41) is 6.64. The van der Waals surface area contributed by atoms with Crippen molar-refractivity contribution in [3.63, 3.8) is 0 Å². The zero-order chi connectivity index (χ0) is 11.7. The van der Waals surface area contributed by atoms with Crippen molar-refractivity contribution < 1.29 is 4.39 Å². The molecule has 0 saturated heterocycles. The molecule has 1 atom stereocenters. The van der Waals surface area contributed by atoms with Crippen LogP contribution in [0.4, 0.5) is 4.39 Å². The Balaban J connectivity index is 2.45. The Morgan fingerprint density at radius 2 is 1.94 bits per heavy atom. The van der Waals surface area contributed by atoms with Gasteiger partial charge in [-0.1, -0.05) is 18.2 Å². The lowest BCUT2D eigenvalue weighted by atomic mass is 9.97. The largest absolute Gasteiger partial charge is 0.352 e. The molecule has 1 aromatic rings. The van der Waals surface area contributed by atoms with E-state index in [4.69, 9.17) is 12.2 Å². The first-order chi connectivity index (χ1) is 7.59. The average Bonchev–Trinajstić information content (AvgIpc) is 2.24. The molecule has 16 heavy (non-hydrogen) atoms. The highest BCUT2D eigenvalue weighted by atomic mass is 32.1. The van der Waals surface area contributed by atoms with Crippen molar-refractivity contribution in [3.05, 3.63) is 46.9 Å². The van der Waals surface area contributed by atoms with Crippen LogP contribution in [0.3, 0.4) is 0 Å². The molecule has 1 heterocycles. The van der Waals surface area contributed by atoms with Gasteiger partial charge in [0.25, 0.3) is 0 Å². The highest BCUT2D eigenvalue weighted by molar-refractivity contribution is 7.80. The first-order valence-corrected chi connectivity index (χ1v) is 5.49. The number of hydrogen-bond donors (Lipinski definition) is 2. The molecule has 4 heteroatoms. The zero-order valence-corrected chi connectivity index (χ0v) is 9.99. The van der Waals surface area contributed by atoms with E-state index in [1.165, 1.54) is 6.07 Å². The van der Waals surface area contributed by atoms with Crippen molar-refractivity contribution in [1.82, 2.24) is 10.6 Å². The number of allylic oxidation sites excluding steroid dienone is 1. The summed E-state index contributed by atoms with van der Waals surface area (Å²) in [5.41, 5.74) is 2.67. The van der Waals surface area contributed by atoms with Crippen LogP contribution in [0.5, 0.6) is 0 Å². The maximum Gasteiger partial charge on any atom is 0.171 e. The van der Waals surface area contributed by atoms with E-state index in [0.29, 0.717) is 10.7 Å². The van der Waals surface area contributed by atoms with E-state index in [1.54, 1.807) is 12.1 Å². The molecule has 2 nitrogen and oxygen atoms in total. The predicted octanol–water partition coefficient (Wildman–Crippen LogP) is 2.64. The van der Waals surface area contributed by atoms with Crippen LogP contribution in [0.25, 0.3) is 0 Å². The van der Waals surface area contributed by atoms with Gasteiger partial charge in [0, 0.05) is 11.3 Å². The normalized spacial score (nSPS) is 20.4. The minimum atomic E-state index is -0.211. The van der Waals surface area contributed by atoms with Crippen LogP contribution in [-0.4, -0.2) is 5.11 Å². The van der Waals surface area contributed by atoms with E-state index >= 15 is 0 Å². The molecule has 0 unspecified atom stereocenters. The van der Waals surface area contributed by atoms with Gasteiger partial charge >= 0.3 is 0 Å². The van der Waals surface area contributed by atoms with Gasteiger partial charge < -0.3 is 10.6 Å². The van der Waals surface area contributed by atoms with Crippen LogP contribution >= 0.6 is 12.2 Å². The molecule has 0 spiro atoms. The highest BCUT2D eigenvalue weighted by Gasteiger charge is 2.23. The molecule has 0 amide bonds. The van der Waals surface area contributed by atoms with Gasteiger partial charge in [0.1, 0.15) is 5.82 Å². The SMILES string of the molecule is CC1=C(C)[C@@H](c2ccccc2F)NC(=S)N1. The Kier molecular flexibility index (Phi) is 2.92. The van der Waals surface area contributed by atoms with E-state index in [1.807, 2.05) is 19.9 Å². The first-order valence-electron chi connectivity index (χ1n) is 5.09. The van der Waals surface area contributed by atoms with Crippen molar-refractivity contribution in [3.8, 4) is 0 Å². The Labute approximate surface area is 99.5 Å². The summed E-state index contributed by atoms with van der Waals surface area (Å²) in [7, 11) is 0. The van der Waals surface area contributed by atoms with Crippen LogP contribution in [0.15, 0.2) is 35.5 Å². The zero-order valence-electron chi connectivity index (χ0n) is 9.17. The minimum Gasteiger partial charge on any atom is -0.352 e. The molecule has 1 aliphatic heterocycles. The number of halogens is 1. The second-order valence-electron chi connectivity index (χ2n) is 3.86. The number of hydrogen-bond acceptors (Lipinski definition) is 1. The van der Waals surface area contributed by atoms with Gasteiger partial charge in [-0.2, -0.15) is 0 Å². The Morgan fingerprint density at radius 1 is 1.25 bits per heavy atom. The van der Waals surface area contributed by atoms with Crippen LogP contribution in [0, 0.1) is 5.82 Å². The Morgan fingerprint density at radius 3 is 2.62 bits per heavy atom. The van der Waals surface area contributed by atoms with Crippen molar-refractivity contribution in [2.45, 2.75) is 19.9 Å². The van der Waals surface area contributed by atoms with Gasteiger partial charge in [-0.05, 0) is 37.7 Å². The van der Waals surface area contributed by atoms with Gasteiger partial charge in [0.2, 0.25) is 0 Å². The van der Waals surface area contributed by atoms with Crippen molar-refractivity contribution in [1.29, 1.82) is 0 Å². The lowest BCUT2D eigenvalue weighted by molar-refractivity contribution is 0.577. The van der Waals surface area contributed by atoms with Gasteiger partial charge in [0.05, 0.1) is 6.04 Å². The predicted molar refractivity (Wildman–Crippen MR) is 66.4 cm³/mol. The van der Waals surface area contributed by atoms with Gasteiger partial charge in [-0.25, -0.2) is 4.39 Å². The molecular weight excluding hydrogens is 223 g/mol. The third-order valence-corrected chi connectivity index (χ3v) is 3.04. The summed E-state index contributed by atoms with van der Waals surface area (Å²) in [6, 6.07) is 6.58. The summed E-state index contributed by atoms with van der Waals surface area (Å²) in [5.74, 6) is -0.211. The maximum atomic E-state index is 13.7. The van der Waals surface area contributed by atoms with E-state index < -0.39 is 0 Å². The standard InChI is InChI=1S/C12H13FN2S/c1-7-8(2)14-12(16)15-11(7)9-5-3-4-6-10(9)13/h3-6,11H,1-2H3,(H2,14,15,16)/t11-/m0/s1. The molecule has 1 aromatic carbocycles. The van der Waals surface area contributed by atoms with Crippen LogP contribution in [-0.2, 0) is 0 Å². The first kappa shape index (κ1) is 11.1. The van der Waals surface area contributed by atoms with Crippen molar-refractivity contribution >= 4 is 17.3 Å². The molecule has 1 aliphatic rings. The second kappa shape index (κ2) is 4.22. The summed E-state index contributed by atoms with van der Waals surface area (Å²) in [4.78, 5) is 0. The number of nitrogens with one attached hydrogen (secondary N) is 2. The lowest BCUT2D eigenvalue weighted by Crippen LogP contribution is -2.42. The van der Waals surface area contributed by atoms with Gasteiger partial charge in [-0.3, -0.25) is 0 Å². The molecule has 0 aliphatic carbocycles. The molecule has 0 radical (unpaired) electrons. The quantitative estimate of drug-likeness (QED) is 0.733. The van der Waals surface area contributed by atoms with E-state index in [9.17, 15) is 4.39 Å². The van der Waals surface area contributed by atoms with Crippen molar-refractivity contribution in [2.24, 2.45) is 0 Å². The summed E-state index contributed by atoms with van der Waals surface area (Å²) < 4.78 is 13.7. The summed E-state index contributed by atoms with van der Waals surface area (Å²) in [6.45, 7) is 3.91. The summed E-state index contributed by atoms with van der Waals surface area (Å²) in [6.07, 6.45) is 0. The Bertz CT molecular complexity index is 468. The average molecular weight is 236 g/mol. The smallest absolute Gasteiger partial charge is 0.171 e. The van der Waals surface area contributed by atoms with Gasteiger partial charge in [-0.15, -0.1) is 0 Å². The topological polar surface area (TPSA) is 24.1 Å². The molecule has 0 aromatic heterocycles. The van der Waals surface area contributed by atoms with E-state index in [-0.39, 0.29) is 11.9 Å². The number of rotatable bonds is 1. The fourth-order valence-electron chi connectivity index (χ4n) is 1.78. The molecule has 2 N–H and O–H groups in total. The molecule has 0 saturated carbocycles. The maximum absolute atomic E-state index is 13.7. The third kappa shape index (κ3) is 1.93. The fraction of sp³-hybridized carbons (Fsp3) is 0.250. The van der Waals surface area contributed by atoms with Crippen LogP contribution < -0.4 is 10.6 Å². The Hall–Kier alpha value is -1.42. The minimum absolute atomic E-state index is 0.171. The van der Waals surface area contributed by atoms with E-state index in [0.717, 1.165) is 11.3 Å². The van der Waals surface area contributed by atoms with Crippen LogP contribution in [0.1, 0.15) is 25.5 Å². The molecule has 0 fully saturated rings. The van der Waals surface area contributed by atoms with E-state index in [2.05, 4.69) is 10.6 Å². The lowest BCUT2D eigenvalue weighted by Gasteiger charge is -2.29. The van der Waals surface area contributed by atoms with Gasteiger partial charge in [0.15, 0.2) is 5.11 Å². The second-order valence-corrected chi connectivity index (χ2v) is 4.27. The monoisotopic (exact) mass is 236 g/mol. The molecular formula is C12H13FN2S. The highest BCUT2D eigenvalue weighted by Crippen LogP contribution is 2.27. The summed E-state index contributed by atoms with van der Waals surface area (Å²) >= 11 is 5.08. The van der Waals surface area contributed by atoms with Crippen LogP contribution in [0.2, 0.25) is 0 Å². The number of benzene rings is 1. The molecule has 2 rings (SSSR count). The number of thiocarbonyl (C=S) groups is 1.